The lowest BCUT2D eigenvalue weighted by Gasteiger charge is -2.17. The van der Waals surface area contributed by atoms with Gasteiger partial charge in [-0.15, -0.1) is 0 Å². The summed E-state index contributed by atoms with van der Waals surface area (Å²) >= 11 is 0. The van der Waals surface area contributed by atoms with Gasteiger partial charge in [0.25, 0.3) is 5.91 Å². The zero-order valence-corrected chi connectivity index (χ0v) is 11.9. The molecule has 0 saturated carbocycles. The van der Waals surface area contributed by atoms with Gasteiger partial charge < -0.3 is 10.2 Å². The Hall–Kier alpha value is -2.94. The van der Waals surface area contributed by atoms with Crippen LogP contribution >= 0.6 is 0 Å². The molecular weight excluding hydrogens is 278 g/mol. The number of nitriles is 1. The van der Waals surface area contributed by atoms with Crippen LogP contribution in [0, 0.1) is 11.3 Å². The van der Waals surface area contributed by atoms with Gasteiger partial charge in [0.1, 0.15) is 17.5 Å². The average Bonchev–Trinajstić information content (AvgIpc) is 3.04. The molecule has 0 bridgehead atoms. The quantitative estimate of drug-likeness (QED) is 0.931. The van der Waals surface area contributed by atoms with Gasteiger partial charge in [-0.05, 0) is 30.7 Å². The topological polar surface area (TPSA) is 81.9 Å². The van der Waals surface area contributed by atoms with Crippen molar-refractivity contribution in [3.8, 4) is 6.07 Å². The highest BCUT2D eigenvalue weighted by Crippen LogP contribution is 2.17. The lowest BCUT2D eigenvalue weighted by atomic mass is 10.2. The van der Waals surface area contributed by atoms with E-state index in [1.165, 1.54) is 0 Å². The number of carbonyl (C=O) groups excluding carboxylic acids is 1. The van der Waals surface area contributed by atoms with Crippen LogP contribution in [0.25, 0.3) is 0 Å². The molecule has 2 aromatic rings. The number of pyridine rings is 2. The number of nitrogens with zero attached hydrogens (tertiary/aromatic N) is 4. The second kappa shape index (κ2) is 6.22. The predicted molar refractivity (Wildman–Crippen MR) is 81.1 cm³/mol. The number of hydrogen-bond acceptors (Lipinski definition) is 5. The molecule has 1 saturated heterocycles. The van der Waals surface area contributed by atoms with E-state index in [4.69, 9.17) is 5.26 Å². The summed E-state index contributed by atoms with van der Waals surface area (Å²) in [6.45, 7) is 1.34. The van der Waals surface area contributed by atoms with Gasteiger partial charge in [0.05, 0.1) is 11.9 Å². The summed E-state index contributed by atoms with van der Waals surface area (Å²) in [5.41, 5.74) is 1.73. The van der Waals surface area contributed by atoms with Crippen LogP contribution < -0.4 is 5.32 Å². The van der Waals surface area contributed by atoms with Gasteiger partial charge >= 0.3 is 0 Å². The van der Waals surface area contributed by atoms with E-state index in [0.717, 1.165) is 12.1 Å². The van der Waals surface area contributed by atoms with E-state index < -0.39 is 0 Å². The molecule has 3 heterocycles. The molecule has 1 aliphatic heterocycles. The molecule has 110 valence electrons. The van der Waals surface area contributed by atoms with Crippen molar-refractivity contribution in [3.05, 3.63) is 54.1 Å². The van der Waals surface area contributed by atoms with Crippen molar-refractivity contribution in [2.75, 3.05) is 18.4 Å². The monoisotopic (exact) mass is 293 g/mol. The highest BCUT2D eigenvalue weighted by molar-refractivity contribution is 5.92. The van der Waals surface area contributed by atoms with Crippen molar-refractivity contribution in [1.82, 2.24) is 14.9 Å². The first kappa shape index (κ1) is 14.0. The van der Waals surface area contributed by atoms with Crippen LogP contribution in [-0.2, 0) is 0 Å². The van der Waals surface area contributed by atoms with Crippen molar-refractivity contribution < 1.29 is 4.79 Å². The number of anilines is 1. The van der Waals surface area contributed by atoms with E-state index in [2.05, 4.69) is 15.3 Å². The van der Waals surface area contributed by atoms with E-state index in [-0.39, 0.29) is 11.9 Å². The van der Waals surface area contributed by atoms with Gasteiger partial charge in [-0.3, -0.25) is 9.78 Å². The number of rotatable bonds is 3. The Morgan fingerprint density at radius 1 is 1.32 bits per heavy atom. The molecule has 0 radical (unpaired) electrons. The molecule has 0 spiro atoms. The molecule has 0 aliphatic carbocycles. The van der Waals surface area contributed by atoms with Gasteiger partial charge in [-0.1, -0.05) is 6.07 Å². The zero-order chi connectivity index (χ0) is 15.4. The Labute approximate surface area is 128 Å². The second-order valence-corrected chi connectivity index (χ2v) is 5.14. The van der Waals surface area contributed by atoms with Crippen molar-refractivity contribution in [1.29, 1.82) is 5.26 Å². The highest BCUT2D eigenvalue weighted by atomic mass is 16.2. The van der Waals surface area contributed by atoms with Crippen LogP contribution in [0.1, 0.15) is 22.6 Å². The minimum atomic E-state index is -0.0390. The summed E-state index contributed by atoms with van der Waals surface area (Å²) in [6.07, 6.45) is 4.14. The molecule has 1 atom stereocenters. The summed E-state index contributed by atoms with van der Waals surface area (Å²) in [5, 5.41) is 12.1. The third-order valence-electron chi connectivity index (χ3n) is 3.61. The van der Waals surface area contributed by atoms with Crippen LogP contribution in [0.5, 0.6) is 0 Å². The summed E-state index contributed by atoms with van der Waals surface area (Å²) in [4.78, 5) is 22.2. The Balaban J connectivity index is 1.60. The molecular formula is C16H15N5O. The van der Waals surface area contributed by atoms with Crippen LogP contribution in [0.4, 0.5) is 5.69 Å². The molecule has 2 aromatic heterocycles. The smallest absolute Gasteiger partial charge is 0.272 e. The van der Waals surface area contributed by atoms with E-state index in [9.17, 15) is 4.79 Å². The van der Waals surface area contributed by atoms with Gasteiger partial charge in [0.15, 0.2) is 0 Å². The molecule has 1 unspecified atom stereocenters. The van der Waals surface area contributed by atoms with Crippen molar-refractivity contribution in [2.24, 2.45) is 0 Å². The molecule has 0 aromatic carbocycles. The number of hydrogen-bond donors (Lipinski definition) is 1. The summed E-state index contributed by atoms with van der Waals surface area (Å²) in [7, 11) is 0. The Bertz CT molecular complexity index is 693. The maximum atomic E-state index is 12.3. The number of likely N-dealkylation sites (tertiary alicyclic amines) is 1. The number of carbonyl (C=O) groups is 1. The lowest BCUT2D eigenvalue weighted by molar-refractivity contribution is 0.0786. The molecule has 6 nitrogen and oxygen atoms in total. The number of aromatic nitrogens is 2. The number of amides is 1. The van der Waals surface area contributed by atoms with E-state index in [1.807, 2.05) is 18.2 Å². The first-order chi connectivity index (χ1) is 10.8. The van der Waals surface area contributed by atoms with E-state index in [1.54, 1.807) is 35.5 Å². The molecule has 6 heteroatoms. The summed E-state index contributed by atoms with van der Waals surface area (Å²) in [6, 6.07) is 11.0. The zero-order valence-electron chi connectivity index (χ0n) is 11.9. The standard InChI is InChI=1S/C16H15N5O/c17-9-12-4-5-13(10-19-12)20-14-6-8-21(11-14)16(22)15-3-1-2-7-18-15/h1-5,7,10,14,20H,6,8,11H2. The van der Waals surface area contributed by atoms with E-state index >= 15 is 0 Å². The fourth-order valence-electron chi connectivity index (χ4n) is 2.49. The minimum Gasteiger partial charge on any atom is -0.379 e. The lowest BCUT2D eigenvalue weighted by Crippen LogP contribution is -2.32. The summed E-state index contributed by atoms with van der Waals surface area (Å²) < 4.78 is 0. The minimum absolute atomic E-state index is 0.0390. The fraction of sp³-hybridized carbons (Fsp3) is 0.250. The summed E-state index contributed by atoms with van der Waals surface area (Å²) in [5.74, 6) is -0.0390. The van der Waals surface area contributed by atoms with Crippen LogP contribution in [0.2, 0.25) is 0 Å². The third-order valence-corrected chi connectivity index (χ3v) is 3.61. The highest BCUT2D eigenvalue weighted by Gasteiger charge is 2.27. The van der Waals surface area contributed by atoms with Crippen molar-refractivity contribution >= 4 is 11.6 Å². The Kier molecular flexibility index (Phi) is 3.97. The van der Waals surface area contributed by atoms with Crippen LogP contribution in [0.3, 0.4) is 0 Å². The second-order valence-electron chi connectivity index (χ2n) is 5.14. The van der Waals surface area contributed by atoms with Gasteiger partial charge in [0, 0.05) is 25.3 Å². The predicted octanol–water partition coefficient (Wildman–Crippen LogP) is 1.67. The Morgan fingerprint density at radius 3 is 2.91 bits per heavy atom. The van der Waals surface area contributed by atoms with Crippen molar-refractivity contribution in [2.45, 2.75) is 12.5 Å². The normalized spacial score (nSPS) is 17.0. The van der Waals surface area contributed by atoms with Crippen molar-refractivity contribution in [3.63, 3.8) is 0 Å². The first-order valence-corrected chi connectivity index (χ1v) is 7.09. The fourth-order valence-corrected chi connectivity index (χ4v) is 2.49. The van der Waals surface area contributed by atoms with Gasteiger partial charge in [-0.2, -0.15) is 5.26 Å². The third kappa shape index (κ3) is 3.04. The molecule has 22 heavy (non-hydrogen) atoms. The number of nitrogens with one attached hydrogen (secondary N) is 1. The average molecular weight is 293 g/mol. The van der Waals surface area contributed by atoms with Crippen LogP contribution in [-0.4, -0.2) is 39.9 Å². The molecule has 3 rings (SSSR count). The largest absolute Gasteiger partial charge is 0.379 e. The van der Waals surface area contributed by atoms with Gasteiger partial charge in [0.2, 0.25) is 0 Å². The first-order valence-electron chi connectivity index (χ1n) is 7.09. The van der Waals surface area contributed by atoms with Gasteiger partial charge in [-0.25, -0.2) is 4.98 Å². The van der Waals surface area contributed by atoms with Crippen LogP contribution in [0.15, 0.2) is 42.7 Å². The maximum Gasteiger partial charge on any atom is 0.272 e. The van der Waals surface area contributed by atoms with E-state index in [0.29, 0.717) is 24.5 Å². The molecule has 1 N–H and O–H groups in total. The molecule has 1 aliphatic rings. The molecule has 1 fully saturated rings. The molecule has 1 amide bonds. The maximum absolute atomic E-state index is 12.3. The SMILES string of the molecule is N#Cc1ccc(NC2CCN(C(=O)c3ccccn3)C2)cn1. The Morgan fingerprint density at radius 2 is 2.23 bits per heavy atom.